The molecule has 97 valence electrons. The summed E-state index contributed by atoms with van der Waals surface area (Å²) in [6.07, 6.45) is 6.48. The Labute approximate surface area is 150 Å². The second-order valence-corrected chi connectivity index (χ2v) is 4.53. The summed E-state index contributed by atoms with van der Waals surface area (Å²) in [6, 6.07) is 17.4. The molecule has 0 spiro atoms. The monoisotopic (exact) mass is 375 g/mol. The smallest absolute Gasteiger partial charge is 1.00 e. The molecule has 3 aromatic rings. The molecule has 0 N–H and O–H groups in total. The molecule has 1 aliphatic rings. The van der Waals surface area contributed by atoms with Crippen molar-refractivity contribution in [2.24, 2.45) is 0 Å². The maximum atomic E-state index is 3.33. The van der Waals surface area contributed by atoms with E-state index in [0.29, 0.717) is 0 Å². The van der Waals surface area contributed by atoms with Gasteiger partial charge in [0.15, 0.2) is 0 Å². The van der Waals surface area contributed by atoms with Crippen LogP contribution in [0.3, 0.4) is 0 Å². The second-order valence-electron chi connectivity index (χ2n) is 4.53. The van der Waals surface area contributed by atoms with Crippen LogP contribution in [0, 0.1) is 6.08 Å². The van der Waals surface area contributed by atoms with Crippen LogP contribution in [0.1, 0.15) is 11.1 Å². The van der Waals surface area contributed by atoms with E-state index in [-0.39, 0.29) is 51.0 Å². The number of benzene rings is 3. The minimum absolute atomic E-state index is 0. The molecular formula is C17H11Cl2Zr. The van der Waals surface area contributed by atoms with Gasteiger partial charge in [0.1, 0.15) is 0 Å². The molecule has 0 saturated heterocycles. The van der Waals surface area contributed by atoms with Gasteiger partial charge in [-0.2, -0.15) is 23.8 Å². The van der Waals surface area contributed by atoms with Gasteiger partial charge in [0, 0.05) is 0 Å². The number of hydrogen-bond donors (Lipinski definition) is 0. The molecule has 0 bridgehead atoms. The molecule has 20 heavy (non-hydrogen) atoms. The van der Waals surface area contributed by atoms with Gasteiger partial charge >= 0.3 is 26.2 Å². The van der Waals surface area contributed by atoms with Crippen LogP contribution >= 0.6 is 0 Å². The van der Waals surface area contributed by atoms with Crippen molar-refractivity contribution >= 4 is 21.5 Å². The van der Waals surface area contributed by atoms with Crippen molar-refractivity contribution in [3.8, 4) is 0 Å². The third-order valence-corrected chi connectivity index (χ3v) is 3.58. The molecule has 3 heteroatoms. The summed E-state index contributed by atoms with van der Waals surface area (Å²) in [4.78, 5) is 0. The zero-order valence-electron chi connectivity index (χ0n) is 10.7. The predicted octanol–water partition coefficient (Wildman–Crippen LogP) is -1.74. The Morgan fingerprint density at radius 1 is 0.800 bits per heavy atom. The van der Waals surface area contributed by atoms with Crippen LogP contribution in [0.2, 0.25) is 0 Å². The molecule has 0 nitrogen and oxygen atoms in total. The summed E-state index contributed by atoms with van der Waals surface area (Å²) in [5, 5.41) is 5.42. The molecule has 0 unspecified atom stereocenters. The Hall–Kier alpha value is -0.617. The van der Waals surface area contributed by atoms with Crippen molar-refractivity contribution in [2.45, 2.75) is 6.42 Å². The topological polar surface area (TPSA) is 0 Å². The molecule has 3 aromatic carbocycles. The van der Waals surface area contributed by atoms with Gasteiger partial charge in [0.2, 0.25) is 0 Å². The maximum absolute atomic E-state index is 3.33. The zero-order valence-corrected chi connectivity index (χ0v) is 14.6. The zero-order chi connectivity index (χ0) is 11.2. The number of rotatable bonds is 0. The molecule has 0 aliphatic heterocycles. The summed E-state index contributed by atoms with van der Waals surface area (Å²) in [5.74, 6) is 0. The fraction of sp³-hybridized carbons (Fsp3) is 0.0588. The summed E-state index contributed by atoms with van der Waals surface area (Å²) >= 11 is 0. The molecule has 1 radical (unpaired) electrons. The van der Waals surface area contributed by atoms with Crippen LogP contribution in [-0.2, 0) is 32.6 Å². The summed E-state index contributed by atoms with van der Waals surface area (Å²) in [6.45, 7) is 0. The van der Waals surface area contributed by atoms with Crippen LogP contribution in [0.25, 0.3) is 21.5 Å². The fourth-order valence-corrected chi connectivity index (χ4v) is 2.78. The van der Waals surface area contributed by atoms with Crippen molar-refractivity contribution in [3.05, 3.63) is 71.8 Å². The minimum atomic E-state index is 0. The van der Waals surface area contributed by atoms with Gasteiger partial charge in [0.05, 0.1) is 0 Å². The van der Waals surface area contributed by atoms with E-state index in [9.17, 15) is 0 Å². The van der Waals surface area contributed by atoms with Gasteiger partial charge in [-0.05, 0) is 16.2 Å². The Morgan fingerprint density at radius 2 is 1.50 bits per heavy atom. The van der Waals surface area contributed by atoms with Crippen LogP contribution < -0.4 is 24.8 Å². The third kappa shape index (κ3) is 2.60. The Balaban J connectivity index is 0.000000667. The summed E-state index contributed by atoms with van der Waals surface area (Å²) in [5.41, 5.74) is 2.69. The Bertz CT molecular complexity index is 778. The quantitative estimate of drug-likeness (QED) is 0.323. The molecule has 4 rings (SSSR count). The van der Waals surface area contributed by atoms with Crippen LogP contribution in [0.4, 0.5) is 0 Å². The number of hydrogen-bond acceptors (Lipinski definition) is 0. The molecule has 0 amide bonds. The SMILES string of the molecule is [C-]1=CCc2c1ccc1ccc3ccccc3c21.[Cl-].[Cl-].[Zr+3]. The molecule has 0 atom stereocenters. The van der Waals surface area contributed by atoms with Crippen molar-refractivity contribution in [3.63, 3.8) is 0 Å². The van der Waals surface area contributed by atoms with E-state index >= 15 is 0 Å². The first-order valence-electron chi connectivity index (χ1n) is 5.95. The van der Waals surface area contributed by atoms with Crippen molar-refractivity contribution in [1.82, 2.24) is 0 Å². The Morgan fingerprint density at radius 3 is 2.35 bits per heavy atom. The molecule has 0 heterocycles. The van der Waals surface area contributed by atoms with Crippen LogP contribution in [-0.4, -0.2) is 0 Å². The van der Waals surface area contributed by atoms with E-state index in [0.717, 1.165) is 6.42 Å². The molecule has 1 aliphatic carbocycles. The summed E-state index contributed by atoms with van der Waals surface area (Å²) in [7, 11) is 0. The van der Waals surface area contributed by atoms with Gasteiger partial charge in [-0.25, -0.2) is 0 Å². The summed E-state index contributed by atoms with van der Waals surface area (Å²) < 4.78 is 0. The van der Waals surface area contributed by atoms with Gasteiger partial charge in [0.25, 0.3) is 0 Å². The fourth-order valence-electron chi connectivity index (χ4n) is 2.78. The van der Waals surface area contributed by atoms with E-state index in [2.05, 4.69) is 60.7 Å². The number of halogens is 2. The molecule has 0 fully saturated rings. The number of allylic oxidation sites excluding steroid dienone is 1. The van der Waals surface area contributed by atoms with E-state index < -0.39 is 0 Å². The van der Waals surface area contributed by atoms with Gasteiger partial charge in [-0.3, -0.25) is 0 Å². The van der Waals surface area contributed by atoms with E-state index in [1.54, 1.807) is 0 Å². The van der Waals surface area contributed by atoms with Gasteiger partial charge < -0.3 is 24.8 Å². The van der Waals surface area contributed by atoms with Crippen molar-refractivity contribution < 1.29 is 51.0 Å². The van der Waals surface area contributed by atoms with Crippen LogP contribution in [0.5, 0.6) is 0 Å². The predicted molar refractivity (Wildman–Crippen MR) is 72.1 cm³/mol. The average Bonchev–Trinajstić information content (AvgIpc) is 2.86. The Kier molecular flexibility index (Phi) is 6.01. The van der Waals surface area contributed by atoms with Crippen molar-refractivity contribution in [1.29, 1.82) is 0 Å². The van der Waals surface area contributed by atoms with E-state index in [4.69, 9.17) is 0 Å². The van der Waals surface area contributed by atoms with Crippen LogP contribution in [0.15, 0.2) is 54.6 Å². The third-order valence-electron chi connectivity index (χ3n) is 3.58. The van der Waals surface area contributed by atoms with E-state index in [1.807, 2.05) is 0 Å². The average molecular weight is 377 g/mol. The first kappa shape index (κ1) is 17.4. The minimum Gasteiger partial charge on any atom is -1.00 e. The molecular weight excluding hydrogens is 366 g/mol. The standard InChI is InChI=1S/C17H11.2ClH.Zr/c1-2-6-15-12(4-1)8-10-14-11-9-13-5-3-7-16(13)17(14)15;;;/h1-4,6,8-11H,7H2;2*1H;/q-1;;;+3/p-2. The van der Waals surface area contributed by atoms with Gasteiger partial charge in [-0.15, -0.1) is 11.6 Å². The first-order valence-corrected chi connectivity index (χ1v) is 5.95. The largest absolute Gasteiger partial charge is 3.00 e. The number of fused-ring (bicyclic) bond motifs is 5. The molecule has 0 saturated carbocycles. The molecule has 0 aromatic heterocycles. The van der Waals surface area contributed by atoms with Crippen molar-refractivity contribution in [2.75, 3.05) is 0 Å². The van der Waals surface area contributed by atoms with Gasteiger partial charge in [-0.1, -0.05) is 48.2 Å². The van der Waals surface area contributed by atoms with E-state index in [1.165, 1.54) is 32.7 Å². The second kappa shape index (κ2) is 6.90. The maximum Gasteiger partial charge on any atom is 3.00 e. The normalized spacial score (nSPS) is 11.4. The first-order chi connectivity index (χ1) is 8.43.